The van der Waals surface area contributed by atoms with Crippen molar-refractivity contribution >= 4 is 12.1 Å². The summed E-state index contributed by atoms with van der Waals surface area (Å²) in [5, 5.41) is 4.06. The summed E-state index contributed by atoms with van der Waals surface area (Å²) in [6.07, 6.45) is 18.9. The number of amides is 1. The van der Waals surface area contributed by atoms with Gasteiger partial charge in [-0.15, -0.1) is 0 Å². The summed E-state index contributed by atoms with van der Waals surface area (Å²) < 4.78 is 15.9. The van der Waals surface area contributed by atoms with Crippen LogP contribution in [0.5, 0.6) is 17.2 Å². The molecule has 0 heterocycles. The zero-order chi connectivity index (χ0) is 23.4. The van der Waals surface area contributed by atoms with Crippen molar-refractivity contribution in [1.29, 1.82) is 0 Å². The second kappa shape index (κ2) is 18.3. The number of ether oxygens (including phenoxy) is 3. The van der Waals surface area contributed by atoms with E-state index in [0.29, 0.717) is 29.2 Å². The summed E-state index contributed by atoms with van der Waals surface area (Å²) in [5.74, 6) is 1.68. The molecule has 0 fully saturated rings. The van der Waals surface area contributed by atoms with E-state index >= 15 is 0 Å². The number of hydrogen-bond acceptors (Lipinski definition) is 5. The molecule has 6 heteroatoms. The van der Waals surface area contributed by atoms with E-state index < -0.39 is 0 Å². The summed E-state index contributed by atoms with van der Waals surface area (Å²) in [7, 11) is 4.72. The molecule has 1 N–H and O–H groups in total. The molecule has 1 rings (SSSR count). The Kier molecular flexibility index (Phi) is 15.9. The molecular formula is C26H44N2O4. The zero-order valence-corrected chi connectivity index (χ0v) is 20.7. The van der Waals surface area contributed by atoms with E-state index in [0.717, 1.165) is 12.8 Å². The van der Waals surface area contributed by atoms with Crippen LogP contribution in [-0.2, 0) is 4.79 Å². The molecule has 0 unspecified atom stereocenters. The van der Waals surface area contributed by atoms with E-state index in [-0.39, 0.29) is 5.91 Å². The van der Waals surface area contributed by atoms with Crippen LogP contribution < -0.4 is 19.6 Å². The lowest BCUT2D eigenvalue weighted by Crippen LogP contribution is -2.17. The molecule has 182 valence electrons. The Morgan fingerprint density at radius 3 is 1.72 bits per heavy atom. The van der Waals surface area contributed by atoms with Crippen molar-refractivity contribution in [2.45, 2.75) is 96.8 Å². The van der Waals surface area contributed by atoms with E-state index in [1.165, 1.54) is 70.6 Å². The molecule has 0 aromatic heterocycles. The maximum absolute atomic E-state index is 12.0. The normalized spacial score (nSPS) is 11.0. The maximum Gasteiger partial charge on any atom is 0.240 e. The Morgan fingerprint density at radius 1 is 0.750 bits per heavy atom. The fraction of sp³-hybridized carbons (Fsp3) is 0.692. The fourth-order valence-electron chi connectivity index (χ4n) is 3.69. The number of carbonyl (C=O) groups is 1. The first-order valence-electron chi connectivity index (χ1n) is 12.3. The minimum absolute atomic E-state index is 0.0660. The third-order valence-electron chi connectivity index (χ3n) is 5.64. The summed E-state index contributed by atoms with van der Waals surface area (Å²) in [4.78, 5) is 12.0. The monoisotopic (exact) mass is 448 g/mol. The largest absolute Gasteiger partial charge is 0.496 e. The lowest BCUT2D eigenvalue weighted by Gasteiger charge is -2.11. The van der Waals surface area contributed by atoms with Crippen LogP contribution in [-0.4, -0.2) is 33.5 Å². The molecule has 0 aliphatic rings. The molecule has 1 aromatic rings. The molecule has 0 saturated carbocycles. The van der Waals surface area contributed by atoms with Crippen LogP contribution in [0.1, 0.15) is 102 Å². The number of carbonyl (C=O) groups excluding carboxylic acids is 1. The Labute approximate surface area is 195 Å². The van der Waals surface area contributed by atoms with E-state index in [4.69, 9.17) is 14.2 Å². The molecule has 1 aromatic carbocycles. The first kappa shape index (κ1) is 27.8. The van der Waals surface area contributed by atoms with Gasteiger partial charge in [-0.1, -0.05) is 84.0 Å². The van der Waals surface area contributed by atoms with Gasteiger partial charge < -0.3 is 14.2 Å². The number of nitrogens with zero attached hydrogens (tertiary/aromatic N) is 1. The highest BCUT2D eigenvalue weighted by atomic mass is 16.5. The average Bonchev–Trinajstić information content (AvgIpc) is 2.81. The average molecular weight is 449 g/mol. The van der Waals surface area contributed by atoms with Crippen LogP contribution in [0, 0.1) is 0 Å². The standard InChI is InChI=1S/C26H44N2O4/c1-5-6-7-8-9-10-11-12-13-14-15-16-17-18-26(29)28-27-21-22-19-24(31-3)25(32-4)20-23(22)30-2/h19-21H,5-18H2,1-4H3,(H,28,29)/b27-21-. The summed E-state index contributed by atoms with van der Waals surface area (Å²) >= 11 is 0. The van der Waals surface area contributed by atoms with Gasteiger partial charge in [-0.25, -0.2) is 5.43 Å². The highest BCUT2D eigenvalue weighted by Gasteiger charge is 2.10. The number of hydrogen-bond donors (Lipinski definition) is 1. The van der Waals surface area contributed by atoms with Crippen molar-refractivity contribution in [2.75, 3.05) is 21.3 Å². The van der Waals surface area contributed by atoms with E-state index in [1.807, 2.05) is 0 Å². The third-order valence-corrected chi connectivity index (χ3v) is 5.64. The Bertz CT molecular complexity index is 661. The van der Waals surface area contributed by atoms with Gasteiger partial charge in [-0.3, -0.25) is 4.79 Å². The van der Waals surface area contributed by atoms with Crippen LogP contribution in [0.25, 0.3) is 0 Å². The van der Waals surface area contributed by atoms with E-state index in [2.05, 4.69) is 17.5 Å². The summed E-state index contributed by atoms with van der Waals surface area (Å²) in [6.45, 7) is 2.26. The smallest absolute Gasteiger partial charge is 0.240 e. The SMILES string of the molecule is CCCCCCCCCCCCCCCC(=O)N/N=C\c1cc(OC)c(OC)cc1OC. The minimum atomic E-state index is -0.0660. The van der Waals surface area contributed by atoms with Gasteiger partial charge in [0.05, 0.1) is 27.5 Å². The molecule has 0 bridgehead atoms. The minimum Gasteiger partial charge on any atom is -0.496 e. The first-order valence-corrected chi connectivity index (χ1v) is 12.3. The number of rotatable bonds is 19. The van der Waals surface area contributed by atoms with Gasteiger partial charge in [0.2, 0.25) is 5.91 Å². The Balaban J connectivity index is 2.14. The van der Waals surface area contributed by atoms with Crippen LogP contribution in [0.3, 0.4) is 0 Å². The quantitative estimate of drug-likeness (QED) is 0.146. The van der Waals surface area contributed by atoms with Crippen molar-refractivity contribution < 1.29 is 19.0 Å². The second-order valence-electron chi connectivity index (χ2n) is 8.23. The molecular weight excluding hydrogens is 404 g/mol. The lowest BCUT2D eigenvalue weighted by molar-refractivity contribution is -0.121. The number of benzene rings is 1. The summed E-state index contributed by atoms with van der Waals surface area (Å²) in [6, 6.07) is 3.50. The highest BCUT2D eigenvalue weighted by Crippen LogP contribution is 2.33. The Hall–Kier alpha value is -2.24. The van der Waals surface area contributed by atoms with Crippen LogP contribution in [0.4, 0.5) is 0 Å². The van der Waals surface area contributed by atoms with E-state index in [9.17, 15) is 4.79 Å². The molecule has 0 radical (unpaired) electrons. The van der Waals surface area contributed by atoms with Gasteiger partial charge in [0.25, 0.3) is 0 Å². The Morgan fingerprint density at radius 2 is 1.22 bits per heavy atom. The molecule has 0 spiro atoms. The van der Waals surface area contributed by atoms with Crippen molar-refractivity contribution in [3.05, 3.63) is 17.7 Å². The van der Waals surface area contributed by atoms with Gasteiger partial charge in [-0.05, 0) is 12.5 Å². The van der Waals surface area contributed by atoms with Crippen molar-refractivity contribution in [1.82, 2.24) is 5.43 Å². The number of unbranched alkanes of at least 4 members (excludes halogenated alkanes) is 12. The van der Waals surface area contributed by atoms with Crippen molar-refractivity contribution in [3.8, 4) is 17.2 Å². The fourth-order valence-corrected chi connectivity index (χ4v) is 3.69. The van der Waals surface area contributed by atoms with Crippen LogP contribution in [0.2, 0.25) is 0 Å². The van der Waals surface area contributed by atoms with Crippen LogP contribution in [0.15, 0.2) is 17.2 Å². The van der Waals surface area contributed by atoms with Gasteiger partial charge >= 0.3 is 0 Å². The predicted octanol–water partition coefficient (Wildman–Crippen LogP) is 6.64. The van der Waals surface area contributed by atoms with E-state index in [1.54, 1.807) is 39.7 Å². The molecule has 0 aliphatic carbocycles. The first-order chi connectivity index (χ1) is 15.7. The molecule has 0 atom stereocenters. The maximum atomic E-state index is 12.0. The predicted molar refractivity (Wildman–Crippen MR) is 132 cm³/mol. The molecule has 0 saturated heterocycles. The number of methoxy groups -OCH3 is 3. The summed E-state index contributed by atoms with van der Waals surface area (Å²) in [5.41, 5.74) is 3.30. The molecule has 32 heavy (non-hydrogen) atoms. The topological polar surface area (TPSA) is 69.2 Å². The van der Waals surface area contributed by atoms with Gasteiger partial charge in [0.1, 0.15) is 5.75 Å². The van der Waals surface area contributed by atoms with Crippen molar-refractivity contribution in [2.24, 2.45) is 5.10 Å². The van der Waals surface area contributed by atoms with Gasteiger partial charge in [0, 0.05) is 18.1 Å². The number of nitrogens with one attached hydrogen (secondary N) is 1. The third kappa shape index (κ3) is 12.0. The van der Waals surface area contributed by atoms with Crippen LogP contribution >= 0.6 is 0 Å². The molecule has 0 aliphatic heterocycles. The van der Waals surface area contributed by atoms with Gasteiger partial charge in [-0.2, -0.15) is 5.10 Å². The van der Waals surface area contributed by atoms with Gasteiger partial charge in [0.15, 0.2) is 11.5 Å². The highest BCUT2D eigenvalue weighted by molar-refractivity contribution is 5.86. The molecule has 1 amide bonds. The molecule has 6 nitrogen and oxygen atoms in total. The van der Waals surface area contributed by atoms with Crippen molar-refractivity contribution in [3.63, 3.8) is 0 Å². The zero-order valence-electron chi connectivity index (χ0n) is 20.7. The second-order valence-corrected chi connectivity index (χ2v) is 8.23. The lowest BCUT2D eigenvalue weighted by atomic mass is 10.0. The number of hydrazone groups is 1.